The van der Waals surface area contributed by atoms with Crippen LogP contribution < -0.4 is 0 Å². The lowest BCUT2D eigenvalue weighted by atomic mass is 10.1. The van der Waals surface area contributed by atoms with Crippen molar-refractivity contribution in [2.75, 3.05) is 13.1 Å². The first kappa shape index (κ1) is 17.7. The van der Waals surface area contributed by atoms with Crippen molar-refractivity contribution >= 4 is 5.91 Å². The maximum absolute atomic E-state index is 13.1. The number of amides is 1. The van der Waals surface area contributed by atoms with Gasteiger partial charge < -0.3 is 4.90 Å². The molecule has 0 unspecified atom stereocenters. The molecule has 1 fully saturated rings. The van der Waals surface area contributed by atoms with Crippen LogP contribution in [0.25, 0.3) is 0 Å². The van der Waals surface area contributed by atoms with E-state index < -0.39 is 0 Å². The molecule has 0 aromatic heterocycles. The Morgan fingerprint density at radius 3 is 2.36 bits per heavy atom. The molecule has 3 heteroatoms. The summed E-state index contributed by atoms with van der Waals surface area (Å²) in [7, 11) is 0. The number of nitrogens with zero attached hydrogens (tertiary/aromatic N) is 2. The summed E-state index contributed by atoms with van der Waals surface area (Å²) in [6, 6.07) is 18.5. The fourth-order valence-electron chi connectivity index (χ4n) is 3.44. The Hall–Kier alpha value is -2.13. The van der Waals surface area contributed by atoms with Crippen molar-refractivity contribution in [1.82, 2.24) is 9.80 Å². The molecule has 0 atom stereocenters. The lowest BCUT2D eigenvalue weighted by molar-refractivity contribution is 0.0690. The average molecular weight is 336 g/mol. The van der Waals surface area contributed by atoms with E-state index in [1.165, 1.54) is 31.5 Å². The van der Waals surface area contributed by atoms with E-state index in [-0.39, 0.29) is 11.9 Å². The van der Waals surface area contributed by atoms with Crippen molar-refractivity contribution < 1.29 is 4.79 Å². The smallest absolute Gasteiger partial charge is 0.254 e. The minimum atomic E-state index is 0.113. The number of hydrogen-bond donors (Lipinski definition) is 0. The molecule has 132 valence electrons. The highest BCUT2D eigenvalue weighted by Crippen LogP contribution is 2.17. The first-order valence-corrected chi connectivity index (χ1v) is 9.29. The second kappa shape index (κ2) is 8.30. The molecule has 0 spiro atoms. The number of benzene rings is 2. The van der Waals surface area contributed by atoms with Crippen LogP contribution in [0.2, 0.25) is 0 Å². The third-order valence-corrected chi connectivity index (χ3v) is 4.86. The Labute approximate surface area is 151 Å². The topological polar surface area (TPSA) is 23.6 Å². The van der Waals surface area contributed by atoms with Gasteiger partial charge in [-0.25, -0.2) is 0 Å². The molecule has 0 radical (unpaired) electrons. The minimum absolute atomic E-state index is 0.113. The first-order chi connectivity index (χ1) is 12.1. The van der Waals surface area contributed by atoms with Gasteiger partial charge in [0.05, 0.1) is 0 Å². The molecule has 1 heterocycles. The molecule has 2 aromatic carbocycles. The summed E-state index contributed by atoms with van der Waals surface area (Å²) in [5.41, 5.74) is 3.19. The van der Waals surface area contributed by atoms with Crippen LogP contribution in [0.3, 0.4) is 0 Å². The molecule has 1 saturated heterocycles. The van der Waals surface area contributed by atoms with Crippen LogP contribution in [0, 0.1) is 0 Å². The standard InChI is InChI=1S/C22H28N2O/c1-18(2)24(17-19-9-4-3-5-10-19)22(25)21-12-8-11-20(15-21)16-23-13-6-7-14-23/h3-5,8-12,15,18H,6-7,13-14,16-17H2,1-2H3. The van der Waals surface area contributed by atoms with Crippen molar-refractivity contribution in [3.8, 4) is 0 Å². The highest BCUT2D eigenvalue weighted by Gasteiger charge is 2.20. The van der Waals surface area contributed by atoms with Crippen LogP contribution in [0.15, 0.2) is 54.6 Å². The van der Waals surface area contributed by atoms with Gasteiger partial charge in [-0.3, -0.25) is 9.69 Å². The van der Waals surface area contributed by atoms with Crippen LogP contribution in [-0.4, -0.2) is 34.8 Å². The van der Waals surface area contributed by atoms with Gasteiger partial charge in [0.15, 0.2) is 0 Å². The highest BCUT2D eigenvalue weighted by atomic mass is 16.2. The SMILES string of the molecule is CC(C)N(Cc1ccccc1)C(=O)c1cccc(CN2CCCC2)c1. The zero-order valence-electron chi connectivity index (χ0n) is 15.3. The van der Waals surface area contributed by atoms with Crippen molar-refractivity contribution in [2.24, 2.45) is 0 Å². The van der Waals surface area contributed by atoms with E-state index in [0.29, 0.717) is 6.54 Å². The molecule has 0 bridgehead atoms. The lowest BCUT2D eigenvalue weighted by Gasteiger charge is -2.27. The largest absolute Gasteiger partial charge is 0.332 e. The van der Waals surface area contributed by atoms with Gasteiger partial charge in [0, 0.05) is 24.7 Å². The Kier molecular flexibility index (Phi) is 5.87. The Morgan fingerprint density at radius 2 is 1.68 bits per heavy atom. The molecule has 0 N–H and O–H groups in total. The van der Waals surface area contributed by atoms with Gasteiger partial charge >= 0.3 is 0 Å². The third-order valence-electron chi connectivity index (χ3n) is 4.86. The molecule has 25 heavy (non-hydrogen) atoms. The summed E-state index contributed by atoms with van der Waals surface area (Å²) < 4.78 is 0. The zero-order chi connectivity index (χ0) is 17.6. The fourth-order valence-corrected chi connectivity index (χ4v) is 3.44. The fraction of sp³-hybridized carbons (Fsp3) is 0.409. The number of carbonyl (C=O) groups is 1. The van der Waals surface area contributed by atoms with Gasteiger partial charge in [0.1, 0.15) is 0 Å². The maximum atomic E-state index is 13.1. The van der Waals surface area contributed by atoms with E-state index in [0.717, 1.165) is 17.7 Å². The maximum Gasteiger partial charge on any atom is 0.254 e. The Morgan fingerprint density at radius 1 is 1.00 bits per heavy atom. The molecule has 1 amide bonds. The normalized spacial score (nSPS) is 14.8. The first-order valence-electron chi connectivity index (χ1n) is 9.29. The van der Waals surface area contributed by atoms with Gasteiger partial charge in [-0.1, -0.05) is 42.5 Å². The van der Waals surface area contributed by atoms with E-state index in [9.17, 15) is 4.79 Å². The Balaban J connectivity index is 1.74. The molecule has 1 aliphatic heterocycles. The average Bonchev–Trinajstić information content (AvgIpc) is 3.13. The van der Waals surface area contributed by atoms with E-state index in [2.05, 4.69) is 43.0 Å². The van der Waals surface area contributed by atoms with Crippen LogP contribution in [0.4, 0.5) is 0 Å². The summed E-state index contributed by atoms with van der Waals surface area (Å²) in [4.78, 5) is 17.5. The van der Waals surface area contributed by atoms with E-state index in [1.807, 2.05) is 35.2 Å². The summed E-state index contributed by atoms with van der Waals surface area (Å²) in [5.74, 6) is 0.113. The number of carbonyl (C=O) groups excluding carboxylic acids is 1. The third kappa shape index (κ3) is 4.70. The van der Waals surface area contributed by atoms with Gasteiger partial charge in [-0.2, -0.15) is 0 Å². The number of rotatable bonds is 6. The van der Waals surface area contributed by atoms with Gasteiger partial charge in [-0.05, 0) is 63.0 Å². The van der Waals surface area contributed by atoms with Crippen LogP contribution in [-0.2, 0) is 13.1 Å². The van der Waals surface area contributed by atoms with E-state index >= 15 is 0 Å². The summed E-state index contributed by atoms with van der Waals surface area (Å²) >= 11 is 0. The minimum Gasteiger partial charge on any atom is -0.332 e. The Bertz CT molecular complexity index is 690. The molecule has 1 aliphatic rings. The second-order valence-corrected chi connectivity index (χ2v) is 7.20. The highest BCUT2D eigenvalue weighted by molar-refractivity contribution is 5.94. The van der Waals surface area contributed by atoms with Gasteiger partial charge in [-0.15, -0.1) is 0 Å². The molecule has 3 nitrogen and oxygen atoms in total. The number of hydrogen-bond acceptors (Lipinski definition) is 2. The molecular formula is C22H28N2O. The summed E-state index contributed by atoms with van der Waals surface area (Å²) in [5, 5.41) is 0. The van der Waals surface area contributed by atoms with Crippen LogP contribution in [0.1, 0.15) is 48.2 Å². The van der Waals surface area contributed by atoms with Crippen molar-refractivity contribution in [1.29, 1.82) is 0 Å². The predicted molar refractivity (Wildman–Crippen MR) is 102 cm³/mol. The molecular weight excluding hydrogens is 308 g/mol. The van der Waals surface area contributed by atoms with Crippen LogP contribution in [0.5, 0.6) is 0 Å². The van der Waals surface area contributed by atoms with Crippen LogP contribution >= 0.6 is 0 Å². The van der Waals surface area contributed by atoms with Crippen molar-refractivity contribution in [2.45, 2.75) is 45.8 Å². The predicted octanol–water partition coefficient (Wildman–Crippen LogP) is 4.33. The lowest BCUT2D eigenvalue weighted by Crippen LogP contribution is -2.36. The van der Waals surface area contributed by atoms with Gasteiger partial charge in [0.25, 0.3) is 5.91 Å². The summed E-state index contributed by atoms with van der Waals surface area (Å²) in [6.45, 7) is 8.09. The van der Waals surface area contributed by atoms with Crippen molar-refractivity contribution in [3.05, 3.63) is 71.3 Å². The monoisotopic (exact) mass is 336 g/mol. The van der Waals surface area contributed by atoms with E-state index in [1.54, 1.807) is 0 Å². The molecule has 0 aliphatic carbocycles. The molecule has 0 saturated carbocycles. The number of likely N-dealkylation sites (tertiary alicyclic amines) is 1. The molecule has 2 aromatic rings. The van der Waals surface area contributed by atoms with E-state index in [4.69, 9.17) is 0 Å². The second-order valence-electron chi connectivity index (χ2n) is 7.20. The summed E-state index contributed by atoms with van der Waals surface area (Å²) in [6.07, 6.45) is 2.58. The quantitative estimate of drug-likeness (QED) is 0.784. The van der Waals surface area contributed by atoms with Crippen molar-refractivity contribution in [3.63, 3.8) is 0 Å². The van der Waals surface area contributed by atoms with Gasteiger partial charge in [0.2, 0.25) is 0 Å². The molecule has 3 rings (SSSR count). The zero-order valence-corrected chi connectivity index (χ0v) is 15.3.